The molecule has 0 saturated carbocycles. The molecular weight excluding hydrogens is 364 g/mol. The Labute approximate surface area is 172 Å². The minimum Gasteiger partial charge on any atom is -0.420 e. The molecule has 3 unspecified atom stereocenters. The number of unbranched alkanes of at least 4 members (excludes halogenated alkanes) is 8. The monoisotopic (exact) mass is 410 g/mol. The highest BCUT2D eigenvalue weighted by Crippen LogP contribution is 2.35. The SMILES string of the molecule is CCCCCCCCCCC=C(C[SiH]1CCCCO1)[Si]1(C)CCCC(C)O1. The third-order valence-corrected chi connectivity index (χ3v) is 13.6. The predicted octanol–water partition coefficient (Wildman–Crippen LogP) is 7.29. The molecule has 2 aliphatic rings. The van der Waals surface area contributed by atoms with Gasteiger partial charge in [0.1, 0.15) is 0 Å². The van der Waals surface area contributed by atoms with Gasteiger partial charge in [0.2, 0.25) is 8.32 Å². The molecule has 0 aromatic heterocycles. The van der Waals surface area contributed by atoms with Crippen molar-refractivity contribution in [3.05, 3.63) is 11.3 Å². The van der Waals surface area contributed by atoms with Gasteiger partial charge in [0.05, 0.1) is 0 Å². The van der Waals surface area contributed by atoms with E-state index in [4.69, 9.17) is 8.85 Å². The van der Waals surface area contributed by atoms with Crippen LogP contribution in [0.4, 0.5) is 0 Å². The van der Waals surface area contributed by atoms with Crippen LogP contribution in [0.2, 0.25) is 24.7 Å². The Morgan fingerprint density at radius 1 is 1.04 bits per heavy atom. The van der Waals surface area contributed by atoms with Crippen molar-refractivity contribution < 1.29 is 8.85 Å². The summed E-state index contributed by atoms with van der Waals surface area (Å²) in [6.45, 7) is 8.11. The highest BCUT2D eigenvalue weighted by molar-refractivity contribution is 6.81. The largest absolute Gasteiger partial charge is 0.420 e. The first-order chi connectivity index (χ1) is 13.1. The van der Waals surface area contributed by atoms with E-state index in [1.165, 1.54) is 102 Å². The van der Waals surface area contributed by atoms with Gasteiger partial charge in [0.25, 0.3) is 0 Å². The van der Waals surface area contributed by atoms with Crippen LogP contribution < -0.4 is 0 Å². The fourth-order valence-electron chi connectivity index (χ4n) is 4.81. The van der Waals surface area contributed by atoms with E-state index in [0.717, 1.165) is 6.61 Å². The average molecular weight is 411 g/mol. The van der Waals surface area contributed by atoms with Crippen molar-refractivity contribution in [1.29, 1.82) is 0 Å². The maximum atomic E-state index is 6.65. The van der Waals surface area contributed by atoms with Crippen LogP contribution in [0.3, 0.4) is 0 Å². The van der Waals surface area contributed by atoms with E-state index in [-0.39, 0.29) is 0 Å². The highest BCUT2D eigenvalue weighted by atomic mass is 28.4. The summed E-state index contributed by atoms with van der Waals surface area (Å²) < 4.78 is 12.9. The first kappa shape index (κ1) is 23.4. The third-order valence-electron chi connectivity index (χ3n) is 6.58. The normalized spacial score (nSPS) is 29.8. The quantitative estimate of drug-likeness (QED) is 0.248. The number of rotatable bonds is 12. The molecular formula is C23H46O2Si2. The van der Waals surface area contributed by atoms with Gasteiger partial charge >= 0.3 is 0 Å². The van der Waals surface area contributed by atoms with Crippen LogP contribution in [-0.2, 0) is 8.85 Å². The van der Waals surface area contributed by atoms with Crippen molar-refractivity contribution in [2.45, 2.75) is 128 Å². The van der Waals surface area contributed by atoms with Gasteiger partial charge in [-0.15, -0.1) is 0 Å². The third kappa shape index (κ3) is 8.97. The Balaban J connectivity index is 1.80. The van der Waals surface area contributed by atoms with Gasteiger partial charge < -0.3 is 8.85 Å². The smallest absolute Gasteiger partial charge is 0.217 e. The maximum absolute atomic E-state index is 6.65. The number of allylic oxidation sites excluding steroid dienone is 2. The summed E-state index contributed by atoms with van der Waals surface area (Å²) >= 11 is 0. The zero-order chi connectivity index (χ0) is 19.4. The van der Waals surface area contributed by atoms with Crippen LogP contribution in [0.25, 0.3) is 0 Å². The summed E-state index contributed by atoms with van der Waals surface area (Å²) in [6, 6.07) is 4.00. The molecule has 0 aliphatic carbocycles. The minimum absolute atomic E-state index is 0.468. The molecule has 0 amide bonds. The van der Waals surface area contributed by atoms with Gasteiger partial charge in [0.15, 0.2) is 9.04 Å². The standard InChI is InChI=1S/C23H46O2Si2/c1-4-5-6-7-8-9-10-11-12-17-23(21-26-19-14-13-18-24-26)27(3)20-15-16-22(2)25-27/h17,22,26H,4-16,18-21H2,1-3H3. The van der Waals surface area contributed by atoms with Crippen molar-refractivity contribution in [1.82, 2.24) is 0 Å². The van der Waals surface area contributed by atoms with Gasteiger partial charge in [-0.3, -0.25) is 0 Å². The zero-order valence-corrected chi connectivity index (χ0v) is 20.7. The highest BCUT2D eigenvalue weighted by Gasteiger charge is 2.39. The lowest BCUT2D eigenvalue weighted by Gasteiger charge is -2.39. The van der Waals surface area contributed by atoms with Crippen LogP contribution >= 0.6 is 0 Å². The van der Waals surface area contributed by atoms with E-state index < -0.39 is 17.4 Å². The van der Waals surface area contributed by atoms with Crippen LogP contribution in [0.5, 0.6) is 0 Å². The van der Waals surface area contributed by atoms with E-state index >= 15 is 0 Å². The molecule has 158 valence electrons. The molecule has 0 N–H and O–H groups in total. The molecule has 2 aliphatic heterocycles. The maximum Gasteiger partial charge on any atom is 0.217 e. The summed E-state index contributed by atoms with van der Waals surface area (Å²) in [5, 5.41) is 1.73. The summed E-state index contributed by atoms with van der Waals surface area (Å²) in [5.74, 6) is 0. The van der Waals surface area contributed by atoms with Crippen LogP contribution in [-0.4, -0.2) is 30.1 Å². The molecule has 2 rings (SSSR count). The van der Waals surface area contributed by atoms with Crippen molar-refractivity contribution in [2.75, 3.05) is 6.61 Å². The lowest BCUT2D eigenvalue weighted by atomic mass is 10.1. The average Bonchev–Trinajstić information content (AvgIpc) is 2.66. The Kier molecular flexibility index (Phi) is 11.5. The zero-order valence-electron chi connectivity index (χ0n) is 18.6. The predicted molar refractivity (Wildman–Crippen MR) is 123 cm³/mol. The minimum atomic E-state index is -1.69. The van der Waals surface area contributed by atoms with Crippen LogP contribution in [0, 0.1) is 0 Å². The van der Waals surface area contributed by atoms with Crippen LogP contribution in [0.15, 0.2) is 11.3 Å². The second kappa shape index (κ2) is 13.3. The molecule has 0 aromatic rings. The molecule has 2 fully saturated rings. The second-order valence-corrected chi connectivity index (χ2v) is 15.6. The molecule has 27 heavy (non-hydrogen) atoms. The van der Waals surface area contributed by atoms with E-state index in [0.29, 0.717) is 6.10 Å². The Morgan fingerprint density at radius 3 is 2.44 bits per heavy atom. The first-order valence-electron chi connectivity index (χ1n) is 12.1. The van der Waals surface area contributed by atoms with E-state index in [9.17, 15) is 0 Å². The first-order valence-corrected chi connectivity index (χ1v) is 16.8. The van der Waals surface area contributed by atoms with E-state index in [2.05, 4.69) is 26.5 Å². The molecule has 0 spiro atoms. The Bertz CT molecular complexity index is 421. The summed E-state index contributed by atoms with van der Waals surface area (Å²) in [7, 11) is -2.70. The Hall–Kier alpha value is 0.0938. The summed E-state index contributed by atoms with van der Waals surface area (Å²) in [4.78, 5) is 0. The number of hydrogen-bond acceptors (Lipinski definition) is 2. The molecule has 4 heteroatoms. The van der Waals surface area contributed by atoms with Gasteiger partial charge in [0, 0.05) is 12.7 Å². The molecule has 2 heterocycles. The molecule has 0 radical (unpaired) electrons. The van der Waals surface area contributed by atoms with Crippen LogP contribution in [0.1, 0.15) is 97.3 Å². The van der Waals surface area contributed by atoms with E-state index in [1.807, 2.05) is 0 Å². The summed E-state index contributed by atoms with van der Waals surface area (Å²) in [6.07, 6.45) is 21.0. The van der Waals surface area contributed by atoms with E-state index in [1.54, 1.807) is 5.20 Å². The van der Waals surface area contributed by atoms with Crippen molar-refractivity contribution in [3.8, 4) is 0 Å². The molecule has 0 bridgehead atoms. The van der Waals surface area contributed by atoms with Gasteiger partial charge in [-0.1, -0.05) is 76.0 Å². The molecule has 0 aromatic carbocycles. The van der Waals surface area contributed by atoms with Crippen molar-refractivity contribution in [2.24, 2.45) is 0 Å². The number of hydrogen-bond donors (Lipinski definition) is 0. The molecule has 2 saturated heterocycles. The topological polar surface area (TPSA) is 18.5 Å². The van der Waals surface area contributed by atoms with Gasteiger partial charge in [-0.25, -0.2) is 0 Å². The second-order valence-electron chi connectivity index (χ2n) is 9.24. The van der Waals surface area contributed by atoms with Gasteiger partial charge in [-0.2, -0.15) is 0 Å². The van der Waals surface area contributed by atoms with Crippen molar-refractivity contribution >= 4 is 17.4 Å². The Morgan fingerprint density at radius 2 is 1.78 bits per heavy atom. The fourth-order valence-corrected chi connectivity index (χ4v) is 12.7. The lowest BCUT2D eigenvalue weighted by Crippen LogP contribution is -2.45. The van der Waals surface area contributed by atoms with Crippen molar-refractivity contribution in [3.63, 3.8) is 0 Å². The lowest BCUT2D eigenvalue weighted by molar-refractivity contribution is 0.180. The molecule has 3 atom stereocenters. The molecule has 2 nitrogen and oxygen atoms in total. The fraction of sp³-hybridized carbons (Fsp3) is 0.913. The van der Waals surface area contributed by atoms with Gasteiger partial charge in [-0.05, 0) is 57.3 Å². The summed E-state index contributed by atoms with van der Waals surface area (Å²) in [5.41, 5.74) is 0.